The summed E-state index contributed by atoms with van der Waals surface area (Å²) in [7, 11) is 0. The average Bonchev–Trinajstić information content (AvgIpc) is 3.46. The highest BCUT2D eigenvalue weighted by atomic mass is 16.5. The lowest BCUT2D eigenvalue weighted by Crippen LogP contribution is -2.45. The fourth-order valence-corrected chi connectivity index (χ4v) is 11.9. The van der Waals surface area contributed by atoms with Crippen LogP contribution in [0.15, 0.2) is 12.2 Å². The fourth-order valence-electron chi connectivity index (χ4n) is 11.9. The number of aliphatic hydroxyl groups excluding tert-OH is 2. The van der Waals surface area contributed by atoms with Crippen LogP contribution >= 0.6 is 0 Å². The molecule has 0 spiro atoms. The third kappa shape index (κ3) is 65.7. The fraction of sp³-hybridized carbons (Fsp3) is 0.946. The number of allylic oxidation sites excluding steroid dienone is 2. The number of hydrogen-bond acceptors (Lipinski definition) is 5. The Kier molecular flexibility index (Phi) is 68.9. The lowest BCUT2D eigenvalue weighted by atomic mass is 10.0. The van der Waals surface area contributed by atoms with Gasteiger partial charge < -0.3 is 20.3 Å². The summed E-state index contributed by atoms with van der Waals surface area (Å²) in [5.41, 5.74) is 0. The lowest BCUT2D eigenvalue weighted by Gasteiger charge is -2.22. The zero-order valence-corrected chi connectivity index (χ0v) is 54.6. The third-order valence-electron chi connectivity index (χ3n) is 17.6. The van der Waals surface area contributed by atoms with Gasteiger partial charge in [-0.2, -0.15) is 0 Å². The molecule has 6 heteroatoms. The van der Waals surface area contributed by atoms with E-state index in [2.05, 4.69) is 31.3 Å². The van der Waals surface area contributed by atoms with Crippen LogP contribution in [0.2, 0.25) is 0 Å². The van der Waals surface area contributed by atoms with Gasteiger partial charge in [-0.15, -0.1) is 0 Å². The molecule has 0 saturated heterocycles. The minimum atomic E-state index is -0.661. The molecular formula is C74H145NO5. The Hall–Kier alpha value is -1.40. The van der Waals surface area contributed by atoms with Crippen molar-refractivity contribution >= 4 is 11.9 Å². The number of aliphatic hydroxyl groups is 2. The Balaban J connectivity index is 3.32. The van der Waals surface area contributed by atoms with Crippen LogP contribution < -0.4 is 5.32 Å². The quantitative estimate of drug-likeness (QED) is 0.0320. The number of carbonyl (C=O) groups excluding carboxylic acids is 2. The predicted octanol–water partition coefficient (Wildman–Crippen LogP) is 23.9. The Morgan fingerprint density at radius 1 is 0.338 bits per heavy atom. The van der Waals surface area contributed by atoms with Crippen LogP contribution in [0.1, 0.15) is 425 Å². The number of nitrogens with one attached hydrogen (secondary N) is 1. The van der Waals surface area contributed by atoms with Gasteiger partial charge >= 0.3 is 5.97 Å². The van der Waals surface area contributed by atoms with Crippen molar-refractivity contribution < 1.29 is 24.5 Å². The Bertz CT molecular complexity index is 1210. The highest BCUT2D eigenvalue weighted by Crippen LogP contribution is 2.20. The van der Waals surface area contributed by atoms with Gasteiger partial charge in [0.15, 0.2) is 0 Å². The summed E-state index contributed by atoms with van der Waals surface area (Å²) in [5, 5.41) is 23.4. The molecule has 0 aliphatic heterocycles. The van der Waals surface area contributed by atoms with Crippen molar-refractivity contribution in [3.05, 3.63) is 12.2 Å². The van der Waals surface area contributed by atoms with Gasteiger partial charge in [0.2, 0.25) is 5.91 Å². The van der Waals surface area contributed by atoms with Gasteiger partial charge in [-0.3, -0.25) is 9.59 Å². The molecule has 0 aromatic heterocycles. The minimum absolute atomic E-state index is 0.0177. The molecule has 0 aromatic rings. The molecule has 2 atom stereocenters. The van der Waals surface area contributed by atoms with Gasteiger partial charge in [-0.1, -0.05) is 373 Å². The third-order valence-corrected chi connectivity index (χ3v) is 17.6. The SMILES string of the molecule is CCCCCCCCC/C=C\CCCCCCCCCC(=O)OCCCCCCCCCCCCCCCCCCCCCCCCCCCCCCCC(=O)NC(CO)C(O)CCCCCCCCCCCCCCCCCC. The van der Waals surface area contributed by atoms with Gasteiger partial charge in [0.1, 0.15) is 0 Å². The minimum Gasteiger partial charge on any atom is -0.466 e. The maximum Gasteiger partial charge on any atom is 0.305 e. The van der Waals surface area contributed by atoms with Crippen LogP contribution in [0.5, 0.6) is 0 Å². The molecule has 0 aromatic carbocycles. The summed E-state index contributed by atoms with van der Waals surface area (Å²) in [5.74, 6) is -0.00980. The van der Waals surface area contributed by atoms with Crippen molar-refractivity contribution in [1.29, 1.82) is 0 Å². The number of esters is 1. The Morgan fingerprint density at radius 2 is 0.588 bits per heavy atom. The molecule has 0 bridgehead atoms. The zero-order valence-electron chi connectivity index (χ0n) is 54.6. The summed E-state index contributed by atoms with van der Waals surface area (Å²) < 4.78 is 5.51. The van der Waals surface area contributed by atoms with E-state index >= 15 is 0 Å². The molecule has 2 unspecified atom stereocenters. The second-order valence-corrected chi connectivity index (χ2v) is 25.6. The topological polar surface area (TPSA) is 95.9 Å². The first-order chi connectivity index (χ1) is 39.5. The maximum atomic E-state index is 12.5. The number of rotatable bonds is 70. The van der Waals surface area contributed by atoms with E-state index in [0.29, 0.717) is 25.9 Å². The van der Waals surface area contributed by atoms with Crippen LogP contribution in [0, 0.1) is 0 Å². The molecule has 0 fully saturated rings. The van der Waals surface area contributed by atoms with Crippen molar-refractivity contribution in [1.82, 2.24) is 5.32 Å². The molecule has 0 heterocycles. The van der Waals surface area contributed by atoms with E-state index in [9.17, 15) is 19.8 Å². The largest absolute Gasteiger partial charge is 0.466 e. The monoisotopic (exact) mass is 1130 g/mol. The molecular weight excluding hydrogens is 983 g/mol. The number of amides is 1. The van der Waals surface area contributed by atoms with Crippen molar-refractivity contribution in [2.75, 3.05) is 13.2 Å². The van der Waals surface area contributed by atoms with Gasteiger partial charge in [0, 0.05) is 12.8 Å². The second-order valence-electron chi connectivity index (χ2n) is 25.6. The molecule has 3 N–H and O–H groups in total. The highest BCUT2D eigenvalue weighted by Gasteiger charge is 2.20. The lowest BCUT2D eigenvalue weighted by molar-refractivity contribution is -0.143. The van der Waals surface area contributed by atoms with Crippen LogP contribution in [0.4, 0.5) is 0 Å². The number of hydrogen-bond donors (Lipinski definition) is 3. The molecule has 0 rings (SSSR count). The van der Waals surface area contributed by atoms with E-state index < -0.39 is 12.1 Å². The average molecular weight is 1130 g/mol. The van der Waals surface area contributed by atoms with Crippen molar-refractivity contribution in [3.8, 4) is 0 Å². The summed E-state index contributed by atoms with van der Waals surface area (Å²) in [6, 6.07) is -0.538. The van der Waals surface area contributed by atoms with Gasteiger partial charge in [0.05, 0.1) is 25.4 Å². The Labute approximate surface area is 501 Å². The van der Waals surface area contributed by atoms with Crippen molar-refractivity contribution in [2.24, 2.45) is 0 Å². The number of unbranched alkanes of at least 4 members (excludes halogenated alkanes) is 57. The van der Waals surface area contributed by atoms with Crippen LogP contribution in [-0.4, -0.2) is 47.4 Å². The zero-order chi connectivity index (χ0) is 57.8. The molecule has 6 nitrogen and oxygen atoms in total. The summed E-state index contributed by atoms with van der Waals surface area (Å²) >= 11 is 0. The van der Waals surface area contributed by atoms with Crippen LogP contribution in [0.3, 0.4) is 0 Å². The Morgan fingerprint density at radius 3 is 0.887 bits per heavy atom. The van der Waals surface area contributed by atoms with Crippen molar-refractivity contribution in [2.45, 2.75) is 437 Å². The smallest absolute Gasteiger partial charge is 0.305 e. The highest BCUT2D eigenvalue weighted by molar-refractivity contribution is 5.76. The van der Waals surface area contributed by atoms with Gasteiger partial charge in [-0.25, -0.2) is 0 Å². The van der Waals surface area contributed by atoms with E-state index in [4.69, 9.17) is 4.74 Å². The van der Waals surface area contributed by atoms with Crippen LogP contribution in [-0.2, 0) is 14.3 Å². The summed E-state index contributed by atoms with van der Waals surface area (Å²) in [6.45, 7) is 5.00. The van der Waals surface area contributed by atoms with Crippen LogP contribution in [0.25, 0.3) is 0 Å². The molecule has 0 saturated carbocycles. The first kappa shape index (κ1) is 78.6. The maximum absolute atomic E-state index is 12.5. The molecule has 0 radical (unpaired) electrons. The second kappa shape index (κ2) is 70.1. The van der Waals surface area contributed by atoms with E-state index in [1.54, 1.807) is 0 Å². The van der Waals surface area contributed by atoms with Gasteiger partial charge in [0.25, 0.3) is 0 Å². The van der Waals surface area contributed by atoms with E-state index in [1.165, 1.54) is 347 Å². The number of carbonyl (C=O) groups is 2. The predicted molar refractivity (Wildman–Crippen MR) is 352 cm³/mol. The number of ether oxygens (including phenoxy) is 1. The first-order valence-electron chi connectivity index (χ1n) is 36.9. The van der Waals surface area contributed by atoms with Crippen molar-refractivity contribution in [3.63, 3.8) is 0 Å². The summed E-state index contributed by atoms with van der Waals surface area (Å²) in [6.07, 6.45) is 87.0. The standard InChI is InChI=1S/C74H145NO5/c1-3-5-7-9-11-13-15-17-19-21-36-40-44-48-52-56-60-64-68-74(79)80-69-65-61-57-53-49-45-41-37-34-32-30-28-26-24-22-23-25-27-29-31-33-35-39-43-47-51-55-59-63-67-73(78)75-71(70-76)72(77)66-62-58-54-50-46-42-38-20-18-16-14-12-10-8-6-4-2/h19,21,71-72,76-77H,3-18,20,22-70H2,1-2H3,(H,75,78)/b21-19-. The van der Waals surface area contributed by atoms with E-state index in [-0.39, 0.29) is 18.5 Å². The molecule has 476 valence electrons. The normalized spacial score (nSPS) is 12.5. The molecule has 0 aliphatic rings. The van der Waals surface area contributed by atoms with E-state index in [1.807, 2.05) is 0 Å². The molecule has 80 heavy (non-hydrogen) atoms. The van der Waals surface area contributed by atoms with E-state index in [0.717, 1.165) is 44.9 Å². The molecule has 0 aliphatic carbocycles. The van der Waals surface area contributed by atoms with Gasteiger partial charge in [-0.05, 0) is 51.4 Å². The molecule has 1 amide bonds. The summed E-state index contributed by atoms with van der Waals surface area (Å²) in [4.78, 5) is 24.6. The first-order valence-corrected chi connectivity index (χ1v) is 36.9.